The zero-order valence-corrected chi connectivity index (χ0v) is 11.7. The van der Waals surface area contributed by atoms with E-state index >= 15 is 0 Å². The summed E-state index contributed by atoms with van der Waals surface area (Å²) in [6, 6.07) is 3.76. The van der Waals surface area contributed by atoms with Crippen molar-refractivity contribution in [3.8, 4) is 5.75 Å². The van der Waals surface area contributed by atoms with Crippen LogP contribution in [0.3, 0.4) is 0 Å². The van der Waals surface area contributed by atoms with Crippen molar-refractivity contribution in [1.29, 1.82) is 0 Å². The molecule has 0 bridgehead atoms. The second-order valence-electron chi connectivity index (χ2n) is 4.97. The fourth-order valence-electron chi connectivity index (χ4n) is 1.65. The molecule has 96 valence electrons. The number of ether oxygens (including phenoxy) is 1. The van der Waals surface area contributed by atoms with Crippen LogP contribution >= 0.6 is 11.6 Å². The van der Waals surface area contributed by atoms with Crippen LogP contribution in [-0.4, -0.2) is 19.2 Å². The summed E-state index contributed by atoms with van der Waals surface area (Å²) in [5.74, 6) is 0.837. The van der Waals surface area contributed by atoms with Gasteiger partial charge in [0.05, 0.1) is 12.8 Å². The van der Waals surface area contributed by atoms with E-state index in [1.54, 1.807) is 7.11 Å². The first-order valence-corrected chi connectivity index (χ1v) is 6.08. The highest BCUT2D eigenvalue weighted by Gasteiger charge is 2.12. The molecule has 1 aromatic carbocycles. The van der Waals surface area contributed by atoms with Gasteiger partial charge in [0, 0.05) is 17.1 Å². The molecule has 0 aliphatic rings. The molecule has 0 radical (unpaired) electrons. The lowest BCUT2D eigenvalue weighted by Gasteiger charge is -2.20. The van der Waals surface area contributed by atoms with Gasteiger partial charge in [0.25, 0.3) is 0 Å². The summed E-state index contributed by atoms with van der Waals surface area (Å²) in [6.45, 7) is 6.78. The molecule has 3 nitrogen and oxygen atoms in total. The first-order valence-electron chi connectivity index (χ1n) is 5.70. The van der Waals surface area contributed by atoms with Crippen LogP contribution in [0.25, 0.3) is 0 Å². The summed E-state index contributed by atoms with van der Waals surface area (Å²) in [4.78, 5) is 0. The average molecular weight is 257 g/mol. The molecular formula is C13H21ClN2O. The van der Waals surface area contributed by atoms with Gasteiger partial charge >= 0.3 is 0 Å². The fraction of sp³-hybridized carbons (Fsp3) is 0.538. The number of benzene rings is 1. The number of hydrogen-bond donors (Lipinski definition) is 2. The number of methoxy groups -OCH3 is 1. The molecule has 0 unspecified atom stereocenters. The Kier molecular flexibility index (Phi) is 4.66. The first kappa shape index (κ1) is 14.1. The summed E-state index contributed by atoms with van der Waals surface area (Å²) in [5, 5.41) is 4.02. The molecule has 0 amide bonds. The molecule has 17 heavy (non-hydrogen) atoms. The standard InChI is InChI=1S/C13H21ClN2O/c1-9-7-10(14)8-11(12(9)17-4)16-6-5-13(2,3)15/h7-8,16H,5-6,15H2,1-4H3. The summed E-state index contributed by atoms with van der Waals surface area (Å²) in [6.07, 6.45) is 0.877. The van der Waals surface area contributed by atoms with Gasteiger partial charge in [-0.3, -0.25) is 0 Å². The van der Waals surface area contributed by atoms with E-state index in [9.17, 15) is 0 Å². The minimum absolute atomic E-state index is 0.173. The average Bonchev–Trinajstić information content (AvgIpc) is 2.14. The van der Waals surface area contributed by atoms with Gasteiger partial charge in [-0.25, -0.2) is 0 Å². The Bertz CT molecular complexity index is 386. The predicted octanol–water partition coefficient (Wildman–Crippen LogP) is 3.20. The zero-order chi connectivity index (χ0) is 13.1. The second-order valence-corrected chi connectivity index (χ2v) is 5.41. The van der Waals surface area contributed by atoms with E-state index in [4.69, 9.17) is 22.1 Å². The molecule has 0 atom stereocenters. The molecule has 0 saturated carbocycles. The van der Waals surface area contributed by atoms with Crippen LogP contribution in [0.5, 0.6) is 5.75 Å². The summed E-state index contributed by atoms with van der Waals surface area (Å²) < 4.78 is 5.36. The molecule has 0 aromatic heterocycles. The number of nitrogens with two attached hydrogens (primary N) is 1. The van der Waals surface area contributed by atoms with Crippen molar-refractivity contribution < 1.29 is 4.74 Å². The Morgan fingerprint density at radius 1 is 1.41 bits per heavy atom. The Balaban J connectivity index is 2.76. The molecule has 0 saturated heterocycles. The van der Waals surface area contributed by atoms with Crippen molar-refractivity contribution in [3.63, 3.8) is 0 Å². The van der Waals surface area contributed by atoms with Crippen molar-refractivity contribution in [1.82, 2.24) is 0 Å². The smallest absolute Gasteiger partial charge is 0.144 e. The van der Waals surface area contributed by atoms with E-state index in [1.807, 2.05) is 32.9 Å². The maximum Gasteiger partial charge on any atom is 0.144 e. The van der Waals surface area contributed by atoms with Crippen LogP contribution in [0.4, 0.5) is 5.69 Å². The summed E-state index contributed by atoms with van der Waals surface area (Å²) in [5.41, 5.74) is 7.70. The number of rotatable bonds is 5. The maximum atomic E-state index is 6.03. The molecular weight excluding hydrogens is 236 g/mol. The number of nitrogens with one attached hydrogen (secondary N) is 1. The molecule has 0 aliphatic heterocycles. The molecule has 1 rings (SSSR count). The highest BCUT2D eigenvalue weighted by molar-refractivity contribution is 6.31. The third-order valence-electron chi connectivity index (χ3n) is 2.53. The third-order valence-corrected chi connectivity index (χ3v) is 2.75. The van der Waals surface area contributed by atoms with Gasteiger partial charge in [-0.1, -0.05) is 11.6 Å². The van der Waals surface area contributed by atoms with Crippen molar-refractivity contribution >= 4 is 17.3 Å². The van der Waals surface area contributed by atoms with E-state index in [1.165, 1.54) is 0 Å². The van der Waals surface area contributed by atoms with Gasteiger partial charge < -0.3 is 15.8 Å². The van der Waals surface area contributed by atoms with Crippen LogP contribution < -0.4 is 15.8 Å². The van der Waals surface area contributed by atoms with Gasteiger partial charge in [-0.05, 0) is 44.9 Å². The summed E-state index contributed by atoms with van der Waals surface area (Å²) in [7, 11) is 1.66. The normalized spacial score (nSPS) is 11.4. The second kappa shape index (κ2) is 5.61. The van der Waals surface area contributed by atoms with Crippen LogP contribution in [0.15, 0.2) is 12.1 Å². The summed E-state index contributed by atoms with van der Waals surface area (Å²) >= 11 is 6.03. The van der Waals surface area contributed by atoms with Gasteiger partial charge in [0.15, 0.2) is 0 Å². The maximum absolute atomic E-state index is 6.03. The minimum atomic E-state index is -0.173. The largest absolute Gasteiger partial charge is 0.494 e. The Morgan fingerprint density at radius 3 is 2.59 bits per heavy atom. The zero-order valence-electron chi connectivity index (χ0n) is 10.9. The number of halogens is 1. The third kappa shape index (κ3) is 4.44. The van der Waals surface area contributed by atoms with Crippen LogP contribution in [-0.2, 0) is 0 Å². The van der Waals surface area contributed by atoms with Gasteiger partial charge in [-0.2, -0.15) is 0 Å². The Morgan fingerprint density at radius 2 is 2.06 bits per heavy atom. The van der Waals surface area contributed by atoms with E-state index in [0.717, 1.165) is 30.0 Å². The lowest BCUT2D eigenvalue weighted by molar-refractivity contribution is 0.413. The highest BCUT2D eigenvalue weighted by Crippen LogP contribution is 2.32. The van der Waals surface area contributed by atoms with Crippen molar-refractivity contribution in [2.45, 2.75) is 32.7 Å². The van der Waals surface area contributed by atoms with Gasteiger partial charge in [0.1, 0.15) is 5.75 Å². The minimum Gasteiger partial charge on any atom is -0.494 e. The molecule has 4 heteroatoms. The first-order chi connectivity index (χ1) is 7.83. The Hall–Kier alpha value is -0.930. The van der Waals surface area contributed by atoms with Crippen LogP contribution in [0, 0.1) is 6.92 Å². The molecule has 0 heterocycles. The van der Waals surface area contributed by atoms with E-state index < -0.39 is 0 Å². The van der Waals surface area contributed by atoms with Gasteiger partial charge in [0.2, 0.25) is 0 Å². The van der Waals surface area contributed by atoms with Gasteiger partial charge in [-0.15, -0.1) is 0 Å². The van der Waals surface area contributed by atoms with E-state index in [-0.39, 0.29) is 5.54 Å². The van der Waals surface area contributed by atoms with Crippen LogP contribution in [0.2, 0.25) is 5.02 Å². The van der Waals surface area contributed by atoms with Crippen molar-refractivity contribution in [3.05, 3.63) is 22.7 Å². The molecule has 0 aliphatic carbocycles. The highest BCUT2D eigenvalue weighted by atomic mass is 35.5. The van der Waals surface area contributed by atoms with E-state index in [0.29, 0.717) is 5.02 Å². The monoisotopic (exact) mass is 256 g/mol. The van der Waals surface area contributed by atoms with Crippen molar-refractivity contribution in [2.24, 2.45) is 5.73 Å². The quantitative estimate of drug-likeness (QED) is 0.851. The van der Waals surface area contributed by atoms with E-state index in [2.05, 4.69) is 5.32 Å². The molecule has 1 aromatic rings. The van der Waals surface area contributed by atoms with Crippen LogP contribution in [0.1, 0.15) is 25.8 Å². The predicted molar refractivity (Wildman–Crippen MR) is 74.1 cm³/mol. The van der Waals surface area contributed by atoms with Crippen molar-refractivity contribution in [2.75, 3.05) is 19.0 Å². The topological polar surface area (TPSA) is 47.3 Å². The molecule has 0 spiro atoms. The number of hydrogen-bond acceptors (Lipinski definition) is 3. The SMILES string of the molecule is COc1c(C)cc(Cl)cc1NCCC(C)(C)N. The fourth-order valence-corrected chi connectivity index (χ4v) is 1.92. The Labute approximate surface area is 108 Å². The number of aryl methyl sites for hydroxylation is 1. The molecule has 0 fully saturated rings. The number of anilines is 1. The molecule has 3 N–H and O–H groups in total. The lowest BCUT2D eigenvalue weighted by atomic mass is 10.0. The lowest BCUT2D eigenvalue weighted by Crippen LogP contribution is -2.34.